The van der Waals surface area contributed by atoms with Gasteiger partial charge in [-0.3, -0.25) is 4.79 Å². The molecule has 1 aromatic heterocycles. The minimum atomic E-state index is -3.77. The van der Waals surface area contributed by atoms with Gasteiger partial charge in [0, 0.05) is 22.6 Å². The van der Waals surface area contributed by atoms with Gasteiger partial charge < -0.3 is 5.32 Å². The third-order valence-electron chi connectivity index (χ3n) is 3.74. The Morgan fingerprint density at radius 1 is 1.40 bits per heavy atom. The maximum atomic E-state index is 12.1. The molecule has 4 nitrogen and oxygen atoms in total. The number of halogens is 1. The highest BCUT2D eigenvalue weighted by atomic mass is 35.7. The Morgan fingerprint density at radius 3 is 2.60 bits per heavy atom. The fourth-order valence-corrected chi connectivity index (χ4v) is 5.14. The van der Waals surface area contributed by atoms with Crippen molar-refractivity contribution in [3.63, 3.8) is 0 Å². The van der Waals surface area contributed by atoms with Crippen molar-refractivity contribution < 1.29 is 13.2 Å². The fraction of sp³-hybridized carbons (Fsp3) is 0.615. The quantitative estimate of drug-likeness (QED) is 0.859. The number of thiophene rings is 1. The van der Waals surface area contributed by atoms with E-state index in [1.165, 1.54) is 19.3 Å². The van der Waals surface area contributed by atoms with E-state index in [4.69, 9.17) is 10.7 Å². The lowest BCUT2D eigenvalue weighted by Crippen LogP contribution is -2.30. The first-order valence-corrected chi connectivity index (χ1v) is 9.89. The zero-order chi connectivity index (χ0) is 14.8. The maximum absolute atomic E-state index is 12.1. The number of hydrogen-bond donors (Lipinski definition) is 1. The molecule has 0 spiro atoms. The molecule has 1 aromatic rings. The van der Waals surface area contributed by atoms with Crippen LogP contribution in [0, 0.1) is 12.8 Å². The Hall–Kier alpha value is -0.590. The van der Waals surface area contributed by atoms with Crippen molar-refractivity contribution >= 4 is 37.0 Å². The van der Waals surface area contributed by atoms with Crippen LogP contribution in [0.25, 0.3) is 0 Å². The summed E-state index contributed by atoms with van der Waals surface area (Å²) in [6.07, 6.45) is 6.05. The Labute approximate surface area is 127 Å². The first-order valence-electron chi connectivity index (χ1n) is 6.70. The molecule has 0 aromatic carbocycles. The second-order valence-corrected chi connectivity index (χ2v) is 8.85. The molecule has 0 bridgehead atoms. The van der Waals surface area contributed by atoms with Crippen molar-refractivity contribution in [3.8, 4) is 0 Å². The number of carbonyl (C=O) groups excluding carboxylic acids is 1. The Bertz CT molecular complexity index is 589. The third kappa shape index (κ3) is 3.74. The van der Waals surface area contributed by atoms with Gasteiger partial charge in [0.15, 0.2) is 0 Å². The van der Waals surface area contributed by atoms with Gasteiger partial charge in [0.1, 0.15) is 4.21 Å². The summed E-state index contributed by atoms with van der Waals surface area (Å²) in [5.74, 6) is 0.332. The van der Waals surface area contributed by atoms with Crippen LogP contribution in [0.3, 0.4) is 0 Å². The molecule has 0 atom stereocenters. The van der Waals surface area contributed by atoms with E-state index >= 15 is 0 Å². The minimum absolute atomic E-state index is 0.0574. The highest BCUT2D eigenvalue weighted by Gasteiger charge is 2.22. The average Bonchev–Trinajstić information content (AvgIpc) is 2.79. The van der Waals surface area contributed by atoms with Gasteiger partial charge in [-0.15, -0.1) is 11.3 Å². The largest absolute Gasteiger partial charge is 0.352 e. The molecule has 1 fully saturated rings. The van der Waals surface area contributed by atoms with Crippen LogP contribution >= 0.6 is 22.0 Å². The molecule has 1 saturated carbocycles. The molecule has 1 aliphatic carbocycles. The summed E-state index contributed by atoms with van der Waals surface area (Å²) in [6, 6.07) is 0. The van der Waals surface area contributed by atoms with Gasteiger partial charge in [-0.2, -0.15) is 0 Å². The second kappa shape index (κ2) is 6.45. The van der Waals surface area contributed by atoms with Crippen molar-refractivity contribution in [2.45, 2.75) is 43.2 Å². The number of nitrogens with one attached hydrogen (secondary N) is 1. The van der Waals surface area contributed by atoms with Gasteiger partial charge in [-0.25, -0.2) is 8.42 Å². The van der Waals surface area contributed by atoms with Gasteiger partial charge in [0.25, 0.3) is 15.0 Å². The zero-order valence-electron chi connectivity index (χ0n) is 11.3. The van der Waals surface area contributed by atoms with Gasteiger partial charge in [-0.1, -0.05) is 19.3 Å². The number of amides is 1. The van der Waals surface area contributed by atoms with Crippen LogP contribution in [0.1, 0.15) is 48.0 Å². The molecule has 7 heteroatoms. The Balaban J connectivity index is 2.01. The smallest absolute Gasteiger partial charge is 0.271 e. The summed E-state index contributed by atoms with van der Waals surface area (Å²) < 4.78 is 22.7. The minimum Gasteiger partial charge on any atom is -0.352 e. The van der Waals surface area contributed by atoms with Crippen molar-refractivity contribution in [1.29, 1.82) is 0 Å². The standard InChI is InChI=1S/C13H18ClNO3S2/c1-9-11(8-19-13(9)20(14,17)18)12(16)15-7-10-5-3-2-4-6-10/h8,10H,2-7H2,1H3,(H,15,16). The van der Waals surface area contributed by atoms with Crippen LogP contribution in [-0.2, 0) is 9.05 Å². The first-order chi connectivity index (χ1) is 9.39. The summed E-state index contributed by atoms with van der Waals surface area (Å²) >= 11 is 0.992. The summed E-state index contributed by atoms with van der Waals surface area (Å²) in [7, 11) is 1.56. The SMILES string of the molecule is Cc1c(C(=O)NCC2CCCCC2)csc1S(=O)(=O)Cl. The third-order valence-corrected chi connectivity index (χ3v) is 7.04. The van der Waals surface area contributed by atoms with Crippen molar-refractivity contribution in [3.05, 3.63) is 16.5 Å². The highest BCUT2D eigenvalue weighted by molar-refractivity contribution is 8.15. The van der Waals surface area contributed by atoms with Crippen molar-refractivity contribution in [2.24, 2.45) is 5.92 Å². The lowest BCUT2D eigenvalue weighted by atomic mass is 9.89. The van der Waals surface area contributed by atoms with Gasteiger partial charge in [-0.05, 0) is 31.2 Å². The monoisotopic (exact) mass is 335 g/mol. The molecule has 112 valence electrons. The Morgan fingerprint density at radius 2 is 2.05 bits per heavy atom. The number of carbonyl (C=O) groups is 1. The highest BCUT2D eigenvalue weighted by Crippen LogP contribution is 2.29. The average molecular weight is 336 g/mol. The molecule has 1 amide bonds. The molecule has 1 aliphatic rings. The van der Waals surface area contributed by atoms with E-state index in [1.807, 2.05) is 0 Å². The molecular weight excluding hydrogens is 318 g/mol. The van der Waals surface area contributed by atoms with E-state index in [-0.39, 0.29) is 10.1 Å². The van der Waals surface area contributed by atoms with Crippen molar-refractivity contribution in [2.75, 3.05) is 6.54 Å². The second-order valence-electron chi connectivity index (χ2n) is 5.21. The van der Waals surface area contributed by atoms with E-state index in [1.54, 1.807) is 12.3 Å². The zero-order valence-corrected chi connectivity index (χ0v) is 13.7. The molecule has 0 unspecified atom stereocenters. The molecular formula is C13H18ClNO3S2. The number of hydrogen-bond acceptors (Lipinski definition) is 4. The van der Waals surface area contributed by atoms with Crippen LogP contribution in [0.15, 0.2) is 9.59 Å². The van der Waals surface area contributed by atoms with Crippen LogP contribution in [0.4, 0.5) is 0 Å². The predicted molar refractivity (Wildman–Crippen MR) is 81.0 cm³/mol. The summed E-state index contributed by atoms with van der Waals surface area (Å²) in [5, 5.41) is 4.46. The summed E-state index contributed by atoms with van der Waals surface area (Å²) in [5.41, 5.74) is 0.844. The lowest BCUT2D eigenvalue weighted by molar-refractivity contribution is 0.0943. The van der Waals surface area contributed by atoms with E-state index in [0.717, 1.165) is 24.2 Å². The predicted octanol–water partition coefficient (Wildman–Crippen LogP) is 3.29. The van der Waals surface area contributed by atoms with E-state index in [2.05, 4.69) is 5.32 Å². The molecule has 0 radical (unpaired) electrons. The first kappa shape index (κ1) is 15.8. The molecule has 2 rings (SSSR count). The normalized spacial score (nSPS) is 17.1. The lowest BCUT2D eigenvalue weighted by Gasteiger charge is -2.21. The fourth-order valence-electron chi connectivity index (χ4n) is 2.59. The molecule has 1 N–H and O–H groups in total. The molecule has 0 aliphatic heterocycles. The van der Waals surface area contributed by atoms with E-state index in [9.17, 15) is 13.2 Å². The molecule has 0 saturated heterocycles. The number of rotatable bonds is 4. The van der Waals surface area contributed by atoms with Gasteiger partial charge >= 0.3 is 0 Å². The van der Waals surface area contributed by atoms with Gasteiger partial charge in [0.2, 0.25) is 0 Å². The van der Waals surface area contributed by atoms with E-state index in [0.29, 0.717) is 23.6 Å². The van der Waals surface area contributed by atoms with Crippen LogP contribution in [0.5, 0.6) is 0 Å². The molecule has 1 heterocycles. The summed E-state index contributed by atoms with van der Waals surface area (Å²) in [6.45, 7) is 2.28. The van der Waals surface area contributed by atoms with Crippen LogP contribution in [0.2, 0.25) is 0 Å². The maximum Gasteiger partial charge on any atom is 0.271 e. The van der Waals surface area contributed by atoms with Crippen LogP contribution < -0.4 is 5.32 Å². The summed E-state index contributed by atoms with van der Waals surface area (Å²) in [4.78, 5) is 12.1. The van der Waals surface area contributed by atoms with E-state index < -0.39 is 9.05 Å². The Kier molecular flexibility index (Phi) is 5.09. The van der Waals surface area contributed by atoms with Gasteiger partial charge in [0.05, 0.1) is 5.56 Å². The van der Waals surface area contributed by atoms with Crippen molar-refractivity contribution in [1.82, 2.24) is 5.32 Å². The molecule has 20 heavy (non-hydrogen) atoms. The topological polar surface area (TPSA) is 63.2 Å². The van der Waals surface area contributed by atoms with Crippen LogP contribution in [-0.4, -0.2) is 20.9 Å².